The maximum absolute atomic E-state index is 12.6. The highest BCUT2D eigenvalue weighted by Gasteiger charge is 2.35. The van der Waals surface area contributed by atoms with E-state index < -0.39 is 32.1 Å². The number of fused-ring (bicyclic) bond motifs is 1. The molecule has 0 bridgehead atoms. The van der Waals surface area contributed by atoms with Crippen molar-refractivity contribution in [1.29, 1.82) is 0 Å². The third kappa shape index (κ3) is 5.83. The van der Waals surface area contributed by atoms with Gasteiger partial charge in [-0.3, -0.25) is 9.10 Å². The molecule has 2 heterocycles. The van der Waals surface area contributed by atoms with Gasteiger partial charge in [0.05, 0.1) is 29.9 Å². The standard InChI is InChI=1S/C22H26ClN3O7S2/c1-34(28,29)26-15-21(33-20-9-4-16(23)14-19(20)26)22(27)24-10-13-32-17-5-7-18(8-6-17)35(30,31)25-11-2-3-12-25/h4-9,14,21H,2-3,10-13,15H2,1H3,(H,24,27). The highest BCUT2D eigenvalue weighted by molar-refractivity contribution is 7.92. The Morgan fingerprint density at radius 2 is 1.80 bits per heavy atom. The summed E-state index contributed by atoms with van der Waals surface area (Å²) in [6, 6.07) is 10.7. The van der Waals surface area contributed by atoms with E-state index in [0.29, 0.717) is 23.9 Å². The second kappa shape index (κ2) is 10.2. The number of rotatable bonds is 8. The Balaban J connectivity index is 1.30. The van der Waals surface area contributed by atoms with Crippen molar-refractivity contribution in [1.82, 2.24) is 9.62 Å². The monoisotopic (exact) mass is 543 g/mol. The van der Waals surface area contributed by atoms with Crippen LogP contribution in [0.3, 0.4) is 0 Å². The van der Waals surface area contributed by atoms with Gasteiger partial charge >= 0.3 is 0 Å². The van der Waals surface area contributed by atoms with Gasteiger partial charge in [-0.1, -0.05) is 11.6 Å². The fourth-order valence-corrected chi connectivity index (χ4v) is 6.51. The minimum atomic E-state index is -3.66. The van der Waals surface area contributed by atoms with E-state index in [9.17, 15) is 21.6 Å². The average molecular weight is 544 g/mol. The highest BCUT2D eigenvalue weighted by atomic mass is 35.5. The fourth-order valence-electron chi connectivity index (χ4n) is 3.92. The number of hydrogen-bond acceptors (Lipinski definition) is 7. The minimum Gasteiger partial charge on any atom is -0.492 e. The summed E-state index contributed by atoms with van der Waals surface area (Å²) in [6.45, 7) is 1.14. The largest absolute Gasteiger partial charge is 0.492 e. The highest BCUT2D eigenvalue weighted by Crippen LogP contribution is 2.37. The lowest BCUT2D eigenvalue weighted by Gasteiger charge is -2.34. The number of sulfonamides is 2. The number of hydrogen-bond donors (Lipinski definition) is 1. The Morgan fingerprint density at radius 1 is 1.11 bits per heavy atom. The van der Waals surface area contributed by atoms with Crippen LogP contribution < -0.4 is 19.1 Å². The second-order valence-corrected chi connectivity index (χ2v) is 12.5. The topological polar surface area (TPSA) is 122 Å². The van der Waals surface area contributed by atoms with Gasteiger partial charge in [-0.25, -0.2) is 16.8 Å². The van der Waals surface area contributed by atoms with Crippen LogP contribution in [-0.2, 0) is 24.8 Å². The van der Waals surface area contributed by atoms with Gasteiger partial charge in [0.15, 0.2) is 6.10 Å². The van der Waals surface area contributed by atoms with Crippen LogP contribution in [-0.4, -0.2) is 72.2 Å². The Bertz CT molecular complexity index is 1290. The van der Waals surface area contributed by atoms with Crippen molar-refractivity contribution in [2.45, 2.75) is 23.8 Å². The summed E-state index contributed by atoms with van der Waals surface area (Å²) >= 11 is 5.98. The molecule has 1 N–H and O–H groups in total. The number of amides is 1. The zero-order valence-electron chi connectivity index (χ0n) is 19.0. The van der Waals surface area contributed by atoms with Crippen LogP contribution in [0.25, 0.3) is 0 Å². The molecule has 2 aromatic carbocycles. The first-order valence-corrected chi connectivity index (χ1v) is 14.7. The number of nitrogens with one attached hydrogen (secondary N) is 1. The van der Waals surface area contributed by atoms with Crippen molar-refractivity contribution < 1.29 is 31.1 Å². The predicted molar refractivity (Wildman–Crippen MR) is 131 cm³/mol. The van der Waals surface area contributed by atoms with E-state index in [1.807, 2.05) is 0 Å². The average Bonchev–Trinajstić information content (AvgIpc) is 3.37. The quantitative estimate of drug-likeness (QED) is 0.504. The summed E-state index contributed by atoms with van der Waals surface area (Å²) in [5.41, 5.74) is 0.280. The zero-order chi connectivity index (χ0) is 25.2. The second-order valence-electron chi connectivity index (χ2n) is 8.23. The van der Waals surface area contributed by atoms with Crippen LogP contribution in [0, 0.1) is 0 Å². The number of halogens is 1. The SMILES string of the molecule is CS(=O)(=O)N1CC(C(=O)NCCOc2ccc(S(=O)(=O)N3CCCC3)cc2)Oc2ccc(Cl)cc21. The smallest absolute Gasteiger partial charge is 0.263 e. The zero-order valence-corrected chi connectivity index (χ0v) is 21.4. The Hall–Kier alpha value is -2.54. The van der Waals surface area contributed by atoms with Crippen molar-refractivity contribution in [2.75, 3.05) is 43.3 Å². The molecule has 1 saturated heterocycles. The number of benzene rings is 2. The van der Waals surface area contributed by atoms with Gasteiger partial charge in [0.1, 0.15) is 18.1 Å². The van der Waals surface area contributed by atoms with Gasteiger partial charge < -0.3 is 14.8 Å². The van der Waals surface area contributed by atoms with Gasteiger partial charge in [0.2, 0.25) is 20.0 Å². The first-order valence-electron chi connectivity index (χ1n) is 11.0. The van der Waals surface area contributed by atoms with Gasteiger partial charge in [-0.2, -0.15) is 4.31 Å². The number of nitrogens with zero attached hydrogens (tertiary/aromatic N) is 2. The summed E-state index contributed by atoms with van der Waals surface area (Å²) in [5.74, 6) is 0.212. The van der Waals surface area contributed by atoms with Crippen molar-refractivity contribution in [2.24, 2.45) is 0 Å². The van der Waals surface area contributed by atoms with Crippen molar-refractivity contribution in [3.05, 3.63) is 47.5 Å². The number of carbonyl (C=O) groups is 1. The molecular formula is C22H26ClN3O7S2. The maximum atomic E-state index is 12.6. The van der Waals surface area contributed by atoms with Crippen LogP contribution in [0.1, 0.15) is 12.8 Å². The molecule has 13 heteroatoms. The molecule has 0 spiro atoms. The van der Waals surface area contributed by atoms with Gasteiger partial charge in [-0.15, -0.1) is 0 Å². The molecule has 0 aromatic heterocycles. The molecule has 1 atom stereocenters. The maximum Gasteiger partial charge on any atom is 0.263 e. The molecule has 1 amide bonds. The van der Waals surface area contributed by atoms with Crippen molar-refractivity contribution in [3.8, 4) is 11.5 Å². The molecule has 2 aromatic rings. The molecule has 4 rings (SSSR count). The van der Waals surface area contributed by atoms with Crippen LogP contribution in [0.2, 0.25) is 5.02 Å². The van der Waals surface area contributed by atoms with E-state index in [2.05, 4.69) is 5.32 Å². The molecule has 1 unspecified atom stereocenters. The number of carbonyl (C=O) groups excluding carboxylic acids is 1. The lowest BCUT2D eigenvalue weighted by atomic mass is 10.2. The Labute approximate surface area is 209 Å². The molecule has 2 aliphatic heterocycles. The summed E-state index contributed by atoms with van der Waals surface area (Å²) in [4.78, 5) is 12.8. The van der Waals surface area contributed by atoms with E-state index in [1.165, 1.54) is 28.6 Å². The molecular weight excluding hydrogens is 518 g/mol. The number of anilines is 1. The van der Waals surface area contributed by atoms with Crippen LogP contribution in [0.4, 0.5) is 5.69 Å². The molecule has 0 radical (unpaired) electrons. The van der Waals surface area contributed by atoms with Crippen LogP contribution >= 0.6 is 11.6 Å². The summed E-state index contributed by atoms with van der Waals surface area (Å²) in [7, 11) is -7.15. The lowest BCUT2D eigenvalue weighted by molar-refractivity contribution is -0.127. The van der Waals surface area contributed by atoms with Crippen molar-refractivity contribution >= 4 is 43.2 Å². The van der Waals surface area contributed by atoms with Crippen molar-refractivity contribution in [3.63, 3.8) is 0 Å². The minimum absolute atomic E-state index is 0.124. The summed E-state index contributed by atoms with van der Waals surface area (Å²) in [5, 5.41) is 3.02. The summed E-state index contributed by atoms with van der Waals surface area (Å²) in [6.07, 6.45) is 1.73. The molecule has 190 valence electrons. The van der Waals surface area contributed by atoms with Crippen LogP contribution in [0.15, 0.2) is 47.4 Å². The molecule has 10 nitrogen and oxygen atoms in total. The molecule has 2 aliphatic rings. The predicted octanol–water partition coefficient (Wildman–Crippen LogP) is 1.85. The molecule has 1 fully saturated rings. The third-order valence-electron chi connectivity index (χ3n) is 5.68. The molecule has 35 heavy (non-hydrogen) atoms. The van der Waals surface area contributed by atoms with Gasteiger partial charge in [0.25, 0.3) is 5.91 Å². The fraction of sp³-hybridized carbons (Fsp3) is 0.409. The molecule has 0 saturated carbocycles. The van der Waals surface area contributed by atoms with E-state index in [0.717, 1.165) is 23.4 Å². The van der Waals surface area contributed by atoms with E-state index in [1.54, 1.807) is 18.2 Å². The Kier molecular flexibility index (Phi) is 7.46. The van der Waals surface area contributed by atoms with E-state index in [4.69, 9.17) is 21.1 Å². The first-order chi connectivity index (χ1) is 16.6. The van der Waals surface area contributed by atoms with E-state index in [-0.39, 0.29) is 36.0 Å². The first kappa shape index (κ1) is 25.5. The lowest BCUT2D eigenvalue weighted by Crippen LogP contribution is -2.51. The van der Waals surface area contributed by atoms with Gasteiger partial charge in [-0.05, 0) is 55.3 Å². The molecule has 0 aliphatic carbocycles. The normalized spacial score (nSPS) is 18.6. The van der Waals surface area contributed by atoms with Gasteiger partial charge in [0, 0.05) is 18.1 Å². The number of ether oxygens (including phenoxy) is 2. The van der Waals surface area contributed by atoms with Crippen LogP contribution in [0.5, 0.6) is 11.5 Å². The Morgan fingerprint density at radius 3 is 2.46 bits per heavy atom. The van der Waals surface area contributed by atoms with E-state index >= 15 is 0 Å². The third-order valence-corrected chi connectivity index (χ3v) is 8.97. The summed E-state index contributed by atoms with van der Waals surface area (Å²) < 4.78 is 63.5.